The molecule has 2 rings (SSSR count). The first kappa shape index (κ1) is 11.4. The third-order valence-electron chi connectivity index (χ3n) is 3.35. The highest BCUT2D eigenvalue weighted by Gasteiger charge is 2.26. The van der Waals surface area contributed by atoms with Gasteiger partial charge in [-0.05, 0) is 25.0 Å². The van der Waals surface area contributed by atoms with Crippen LogP contribution in [0.15, 0.2) is 18.3 Å². The number of rotatable bonds is 2. The van der Waals surface area contributed by atoms with Crippen LogP contribution in [0.25, 0.3) is 0 Å². The Bertz CT molecular complexity index is 340. The third-order valence-corrected chi connectivity index (χ3v) is 3.35. The Morgan fingerprint density at radius 2 is 2.12 bits per heavy atom. The summed E-state index contributed by atoms with van der Waals surface area (Å²) in [6.07, 6.45) is 6.89. The van der Waals surface area contributed by atoms with Gasteiger partial charge in [-0.1, -0.05) is 19.3 Å². The van der Waals surface area contributed by atoms with Crippen molar-refractivity contribution in [3.8, 4) is 5.75 Å². The number of aliphatic hydroxyl groups excluding tert-OH is 1. The molecule has 2 unspecified atom stereocenters. The largest absolute Gasteiger partial charge is 0.495 e. The van der Waals surface area contributed by atoms with Gasteiger partial charge in [0.1, 0.15) is 5.75 Å². The lowest BCUT2D eigenvalue weighted by molar-refractivity contribution is 0.132. The van der Waals surface area contributed by atoms with E-state index in [0.717, 1.165) is 30.7 Å². The molecule has 1 fully saturated rings. The molecule has 88 valence electrons. The molecule has 1 aromatic heterocycles. The average molecular weight is 221 g/mol. The van der Waals surface area contributed by atoms with E-state index >= 15 is 0 Å². The molecule has 1 aliphatic carbocycles. The number of hydrogen-bond acceptors (Lipinski definition) is 3. The van der Waals surface area contributed by atoms with E-state index in [9.17, 15) is 5.11 Å². The summed E-state index contributed by atoms with van der Waals surface area (Å²) in [6, 6.07) is 3.78. The fourth-order valence-electron chi connectivity index (χ4n) is 2.46. The second kappa shape index (κ2) is 5.30. The highest BCUT2D eigenvalue weighted by Crippen LogP contribution is 2.35. The Hall–Kier alpha value is -1.09. The van der Waals surface area contributed by atoms with E-state index < -0.39 is 0 Å². The highest BCUT2D eigenvalue weighted by molar-refractivity contribution is 5.30. The van der Waals surface area contributed by atoms with Gasteiger partial charge in [0.2, 0.25) is 0 Å². The summed E-state index contributed by atoms with van der Waals surface area (Å²) < 4.78 is 5.31. The van der Waals surface area contributed by atoms with E-state index in [1.54, 1.807) is 13.3 Å². The molecule has 1 heterocycles. The normalized spacial score (nSPS) is 26.1. The maximum absolute atomic E-state index is 10.1. The number of aliphatic hydroxyl groups is 1. The second-order valence-corrected chi connectivity index (χ2v) is 4.40. The standard InChI is InChI=1S/C13H19NO2/c1-16-12-8-5-9-14-13(12)10-6-3-2-4-7-11(10)15/h5,8-11,15H,2-4,6-7H2,1H3. The molecule has 2 atom stereocenters. The van der Waals surface area contributed by atoms with Crippen molar-refractivity contribution >= 4 is 0 Å². The van der Waals surface area contributed by atoms with E-state index in [1.165, 1.54) is 12.8 Å². The zero-order valence-electron chi connectivity index (χ0n) is 9.72. The van der Waals surface area contributed by atoms with Gasteiger partial charge in [-0.25, -0.2) is 0 Å². The summed E-state index contributed by atoms with van der Waals surface area (Å²) in [5.41, 5.74) is 0.916. The van der Waals surface area contributed by atoms with E-state index in [0.29, 0.717) is 0 Å². The fraction of sp³-hybridized carbons (Fsp3) is 0.615. The molecule has 0 bridgehead atoms. The van der Waals surface area contributed by atoms with E-state index in [-0.39, 0.29) is 12.0 Å². The summed E-state index contributed by atoms with van der Waals surface area (Å²) in [5, 5.41) is 10.1. The van der Waals surface area contributed by atoms with Crippen molar-refractivity contribution in [1.82, 2.24) is 4.98 Å². The van der Waals surface area contributed by atoms with Crippen LogP contribution in [0.5, 0.6) is 5.75 Å². The SMILES string of the molecule is COc1cccnc1C1CCCCCC1O. The van der Waals surface area contributed by atoms with Crippen LogP contribution in [0.1, 0.15) is 43.7 Å². The van der Waals surface area contributed by atoms with Crippen LogP contribution in [0, 0.1) is 0 Å². The highest BCUT2D eigenvalue weighted by atomic mass is 16.5. The van der Waals surface area contributed by atoms with Gasteiger partial charge in [0.15, 0.2) is 0 Å². The Morgan fingerprint density at radius 1 is 1.31 bits per heavy atom. The summed E-state index contributed by atoms with van der Waals surface area (Å²) in [6.45, 7) is 0. The van der Waals surface area contributed by atoms with Gasteiger partial charge in [-0.2, -0.15) is 0 Å². The zero-order valence-corrected chi connectivity index (χ0v) is 9.72. The molecule has 1 saturated carbocycles. The summed E-state index contributed by atoms with van der Waals surface area (Å²) in [4.78, 5) is 4.38. The molecule has 3 nitrogen and oxygen atoms in total. The molecule has 0 amide bonds. The summed E-state index contributed by atoms with van der Waals surface area (Å²) in [7, 11) is 1.66. The minimum atomic E-state index is -0.272. The minimum Gasteiger partial charge on any atom is -0.495 e. The zero-order chi connectivity index (χ0) is 11.4. The molecular weight excluding hydrogens is 202 g/mol. The number of pyridine rings is 1. The summed E-state index contributed by atoms with van der Waals surface area (Å²) >= 11 is 0. The molecule has 0 saturated heterocycles. The first-order chi connectivity index (χ1) is 7.83. The summed E-state index contributed by atoms with van der Waals surface area (Å²) in [5.74, 6) is 0.937. The number of ether oxygens (including phenoxy) is 1. The Morgan fingerprint density at radius 3 is 2.94 bits per heavy atom. The second-order valence-electron chi connectivity index (χ2n) is 4.40. The van der Waals surface area contributed by atoms with Gasteiger partial charge in [0.25, 0.3) is 0 Å². The van der Waals surface area contributed by atoms with Gasteiger partial charge in [0.05, 0.1) is 18.9 Å². The maximum Gasteiger partial charge on any atom is 0.140 e. The van der Waals surface area contributed by atoms with Crippen molar-refractivity contribution in [1.29, 1.82) is 0 Å². The van der Waals surface area contributed by atoms with Crippen LogP contribution in [0.3, 0.4) is 0 Å². The van der Waals surface area contributed by atoms with Crippen LogP contribution < -0.4 is 4.74 Å². The van der Waals surface area contributed by atoms with Crippen molar-refractivity contribution < 1.29 is 9.84 Å². The van der Waals surface area contributed by atoms with E-state index in [1.807, 2.05) is 12.1 Å². The van der Waals surface area contributed by atoms with Crippen molar-refractivity contribution in [2.45, 2.75) is 44.1 Å². The van der Waals surface area contributed by atoms with Crippen LogP contribution in [-0.2, 0) is 0 Å². The van der Waals surface area contributed by atoms with Crippen LogP contribution in [0.2, 0.25) is 0 Å². The smallest absolute Gasteiger partial charge is 0.140 e. The van der Waals surface area contributed by atoms with Gasteiger partial charge in [-0.15, -0.1) is 0 Å². The van der Waals surface area contributed by atoms with Crippen molar-refractivity contribution in [2.75, 3.05) is 7.11 Å². The van der Waals surface area contributed by atoms with Gasteiger partial charge >= 0.3 is 0 Å². The number of nitrogens with zero attached hydrogens (tertiary/aromatic N) is 1. The lowest BCUT2D eigenvalue weighted by Gasteiger charge is -2.21. The fourth-order valence-corrected chi connectivity index (χ4v) is 2.46. The first-order valence-corrected chi connectivity index (χ1v) is 6.00. The molecule has 3 heteroatoms. The Labute approximate surface area is 96.5 Å². The van der Waals surface area contributed by atoms with Gasteiger partial charge in [0, 0.05) is 12.1 Å². The molecule has 0 spiro atoms. The first-order valence-electron chi connectivity index (χ1n) is 6.00. The molecule has 0 radical (unpaired) electrons. The topological polar surface area (TPSA) is 42.4 Å². The molecule has 1 aliphatic rings. The van der Waals surface area contributed by atoms with Crippen LogP contribution >= 0.6 is 0 Å². The number of hydrogen-bond donors (Lipinski definition) is 1. The predicted molar refractivity (Wildman–Crippen MR) is 62.6 cm³/mol. The number of methoxy groups -OCH3 is 1. The van der Waals surface area contributed by atoms with Crippen LogP contribution in [-0.4, -0.2) is 23.3 Å². The van der Waals surface area contributed by atoms with E-state index in [2.05, 4.69) is 4.98 Å². The van der Waals surface area contributed by atoms with Gasteiger partial charge < -0.3 is 9.84 Å². The predicted octanol–water partition coefficient (Wildman–Crippen LogP) is 2.50. The third kappa shape index (κ3) is 2.35. The van der Waals surface area contributed by atoms with Crippen molar-refractivity contribution in [3.63, 3.8) is 0 Å². The average Bonchev–Trinajstić information content (AvgIpc) is 2.54. The number of aromatic nitrogens is 1. The molecule has 1 aromatic rings. The minimum absolute atomic E-state index is 0.138. The quantitative estimate of drug-likeness (QED) is 0.780. The molecular formula is C13H19NO2. The van der Waals surface area contributed by atoms with Crippen LogP contribution in [0.4, 0.5) is 0 Å². The van der Waals surface area contributed by atoms with Crippen molar-refractivity contribution in [3.05, 3.63) is 24.0 Å². The Balaban J connectivity index is 2.26. The maximum atomic E-state index is 10.1. The van der Waals surface area contributed by atoms with Gasteiger partial charge in [-0.3, -0.25) is 4.98 Å². The molecule has 0 aliphatic heterocycles. The Kier molecular flexibility index (Phi) is 3.78. The lowest BCUT2D eigenvalue weighted by atomic mass is 9.93. The van der Waals surface area contributed by atoms with E-state index in [4.69, 9.17) is 4.74 Å². The van der Waals surface area contributed by atoms with Crippen molar-refractivity contribution in [2.24, 2.45) is 0 Å². The molecule has 16 heavy (non-hydrogen) atoms. The monoisotopic (exact) mass is 221 g/mol. The molecule has 0 aromatic carbocycles. The lowest BCUT2D eigenvalue weighted by Crippen LogP contribution is -2.18. The molecule has 1 N–H and O–H groups in total.